The highest BCUT2D eigenvalue weighted by molar-refractivity contribution is 7.18. The van der Waals surface area contributed by atoms with E-state index in [1.54, 1.807) is 11.3 Å². The van der Waals surface area contributed by atoms with Gasteiger partial charge in [0.15, 0.2) is 0 Å². The Balaban J connectivity index is 2.70. The normalized spacial score (nSPS) is 12.3. The van der Waals surface area contributed by atoms with Crippen molar-refractivity contribution in [2.75, 3.05) is 6.61 Å². The molecule has 2 nitrogen and oxygen atoms in total. The summed E-state index contributed by atoms with van der Waals surface area (Å²) in [6.07, 6.45) is 0. The molecule has 15 heavy (non-hydrogen) atoms. The minimum atomic E-state index is -0.222. The molecule has 2 rings (SSSR count). The van der Waals surface area contributed by atoms with Gasteiger partial charge in [-0.2, -0.15) is 0 Å². The van der Waals surface area contributed by atoms with E-state index in [1.807, 2.05) is 26.8 Å². The van der Waals surface area contributed by atoms with Crippen LogP contribution in [0, 0.1) is 6.92 Å². The first kappa shape index (κ1) is 10.6. The fraction of sp³-hybridized carbons (Fsp3) is 0.417. The summed E-state index contributed by atoms with van der Waals surface area (Å²) in [7, 11) is 0. The van der Waals surface area contributed by atoms with Crippen molar-refractivity contribution in [2.24, 2.45) is 0 Å². The van der Waals surface area contributed by atoms with Crippen molar-refractivity contribution in [1.29, 1.82) is 0 Å². The van der Waals surface area contributed by atoms with Gasteiger partial charge in [-0.25, -0.2) is 4.98 Å². The first-order chi connectivity index (χ1) is 7.04. The van der Waals surface area contributed by atoms with Gasteiger partial charge in [0, 0.05) is 5.41 Å². The fourth-order valence-corrected chi connectivity index (χ4v) is 2.54. The molecule has 0 aliphatic carbocycles. The Labute approximate surface area is 93.6 Å². The van der Waals surface area contributed by atoms with Crippen LogP contribution in [0.15, 0.2) is 18.2 Å². The van der Waals surface area contributed by atoms with Crippen LogP contribution in [-0.4, -0.2) is 16.7 Å². The maximum absolute atomic E-state index is 9.39. The summed E-state index contributed by atoms with van der Waals surface area (Å²) in [5.41, 5.74) is 1.95. The van der Waals surface area contributed by atoms with Gasteiger partial charge >= 0.3 is 0 Å². The highest BCUT2D eigenvalue weighted by Crippen LogP contribution is 2.32. The molecule has 0 unspecified atom stereocenters. The minimum Gasteiger partial charge on any atom is -0.395 e. The number of thiazole rings is 1. The number of benzene rings is 1. The second-order valence-corrected chi connectivity index (χ2v) is 5.66. The Kier molecular flexibility index (Phi) is 2.52. The Morgan fingerprint density at radius 1 is 1.40 bits per heavy atom. The Bertz CT molecular complexity index is 487. The third kappa shape index (κ3) is 1.77. The van der Waals surface area contributed by atoms with E-state index in [0.29, 0.717) is 0 Å². The summed E-state index contributed by atoms with van der Waals surface area (Å²) in [6, 6.07) is 6.17. The van der Waals surface area contributed by atoms with Gasteiger partial charge in [0.25, 0.3) is 0 Å². The molecule has 1 N–H and O–H groups in total. The van der Waals surface area contributed by atoms with Crippen LogP contribution in [0.25, 0.3) is 10.2 Å². The van der Waals surface area contributed by atoms with Gasteiger partial charge in [-0.05, 0) is 18.6 Å². The molecule has 0 saturated carbocycles. The van der Waals surface area contributed by atoms with Gasteiger partial charge in [-0.3, -0.25) is 0 Å². The number of fused-ring (bicyclic) bond motifs is 1. The van der Waals surface area contributed by atoms with E-state index in [0.717, 1.165) is 16.1 Å². The zero-order valence-electron chi connectivity index (χ0n) is 9.24. The number of hydrogen-bond acceptors (Lipinski definition) is 3. The maximum atomic E-state index is 9.39. The zero-order valence-corrected chi connectivity index (χ0v) is 10.1. The minimum absolute atomic E-state index is 0.142. The highest BCUT2D eigenvalue weighted by Gasteiger charge is 2.23. The van der Waals surface area contributed by atoms with Crippen LogP contribution in [0.5, 0.6) is 0 Å². The first-order valence-electron chi connectivity index (χ1n) is 5.02. The maximum Gasteiger partial charge on any atom is 0.0907 e. The van der Waals surface area contributed by atoms with Gasteiger partial charge in [0.1, 0.15) is 0 Å². The molecule has 0 fully saturated rings. The van der Waals surface area contributed by atoms with Gasteiger partial charge in [-0.1, -0.05) is 26.0 Å². The topological polar surface area (TPSA) is 33.1 Å². The second kappa shape index (κ2) is 3.58. The van der Waals surface area contributed by atoms with Crippen molar-refractivity contribution < 1.29 is 5.11 Å². The zero-order chi connectivity index (χ0) is 11.1. The van der Waals surface area contributed by atoms with Crippen LogP contribution in [0.1, 0.15) is 24.4 Å². The van der Waals surface area contributed by atoms with Crippen molar-refractivity contribution in [2.45, 2.75) is 26.2 Å². The number of para-hydroxylation sites is 1. The molecule has 0 saturated heterocycles. The van der Waals surface area contributed by atoms with E-state index >= 15 is 0 Å². The molecule has 0 aliphatic rings. The predicted molar refractivity (Wildman–Crippen MR) is 64.5 cm³/mol. The van der Waals surface area contributed by atoms with Gasteiger partial charge in [0.2, 0.25) is 0 Å². The lowest BCUT2D eigenvalue weighted by Crippen LogP contribution is -2.22. The summed E-state index contributed by atoms with van der Waals surface area (Å²) in [5, 5.41) is 10.5. The molecule has 0 bridgehead atoms. The molecule has 3 heteroatoms. The molecule has 0 atom stereocenters. The largest absolute Gasteiger partial charge is 0.395 e. The third-order valence-electron chi connectivity index (χ3n) is 2.65. The summed E-state index contributed by atoms with van der Waals surface area (Å²) in [4.78, 5) is 4.53. The van der Waals surface area contributed by atoms with Crippen LogP contribution < -0.4 is 0 Å². The Hall–Kier alpha value is -0.930. The second-order valence-electron chi connectivity index (χ2n) is 4.43. The lowest BCUT2D eigenvalue weighted by molar-refractivity contribution is 0.219. The molecule has 1 aromatic heterocycles. The quantitative estimate of drug-likeness (QED) is 0.846. The van der Waals surface area contributed by atoms with Crippen LogP contribution in [0.2, 0.25) is 0 Å². The molecule has 1 aromatic carbocycles. The van der Waals surface area contributed by atoms with Gasteiger partial charge in [-0.15, -0.1) is 11.3 Å². The van der Waals surface area contributed by atoms with E-state index < -0.39 is 0 Å². The van der Waals surface area contributed by atoms with Crippen LogP contribution in [-0.2, 0) is 5.41 Å². The third-order valence-corrected chi connectivity index (χ3v) is 3.59. The number of rotatable bonds is 2. The van der Waals surface area contributed by atoms with E-state index in [2.05, 4.69) is 17.1 Å². The van der Waals surface area contributed by atoms with Crippen molar-refractivity contribution in [3.05, 3.63) is 28.8 Å². The molecule has 2 aromatic rings. The number of nitrogens with zero attached hydrogens (tertiary/aromatic N) is 1. The lowest BCUT2D eigenvalue weighted by Gasteiger charge is -2.22. The van der Waals surface area contributed by atoms with E-state index in [9.17, 15) is 5.11 Å². The molecule has 0 aliphatic heterocycles. The average Bonchev–Trinajstić information content (AvgIpc) is 2.57. The van der Waals surface area contributed by atoms with E-state index in [4.69, 9.17) is 0 Å². The van der Waals surface area contributed by atoms with Crippen LogP contribution >= 0.6 is 11.3 Å². The SMILES string of the molecule is Cc1nc2c(C(C)(C)CO)cccc2s1. The number of aryl methyl sites for hydroxylation is 1. The molecular weight excluding hydrogens is 206 g/mol. The smallest absolute Gasteiger partial charge is 0.0907 e. The van der Waals surface area contributed by atoms with Crippen LogP contribution in [0.3, 0.4) is 0 Å². The van der Waals surface area contributed by atoms with Crippen molar-refractivity contribution >= 4 is 21.6 Å². The van der Waals surface area contributed by atoms with E-state index in [-0.39, 0.29) is 12.0 Å². The van der Waals surface area contributed by atoms with Gasteiger partial charge < -0.3 is 5.11 Å². The Morgan fingerprint density at radius 2 is 2.13 bits per heavy atom. The monoisotopic (exact) mass is 221 g/mol. The van der Waals surface area contributed by atoms with Crippen molar-refractivity contribution in [3.8, 4) is 0 Å². The highest BCUT2D eigenvalue weighted by atomic mass is 32.1. The lowest BCUT2D eigenvalue weighted by atomic mass is 9.85. The fourth-order valence-electron chi connectivity index (χ4n) is 1.69. The molecule has 0 amide bonds. The average molecular weight is 221 g/mol. The molecule has 1 heterocycles. The molecular formula is C12H15NOS. The first-order valence-corrected chi connectivity index (χ1v) is 5.84. The molecule has 80 valence electrons. The standard InChI is InChI=1S/C12H15NOS/c1-8-13-11-9(12(2,3)7-14)5-4-6-10(11)15-8/h4-6,14H,7H2,1-3H3. The number of aromatic nitrogens is 1. The number of hydrogen-bond donors (Lipinski definition) is 1. The van der Waals surface area contributed by atoms with Gasteiger partial charge in [0.05, 0.1) is 21.8 Å². The number of aliphatic hydroxyl groups is 1. The van der Waals surface area contributed by atoms with Crippen LogP contribution in [0.4, 0.5) is 0 Å². The number of aliphatic hydroxyl groups excluding tert-OH is 1. The molecule has 0 radical (unpaired) electrons. The van der Waals surface area contributed by atoms with E-state index in [1.165, 1.54) is 4.70 Å². The summed E-state index contributed by atoms with van der Waals surface area (Å²) < 4.78 is 1.20. The molecule has 0 spiro atoms. The predicted octanol–water partition coefficient (Wildman–Crippen LogP) is 2.87. The summed E-state index contributed by atoms with van der Waals surface area (Å²) >= 11 is 1.70. The summed E-state index contributed by atoms with van der Waals surface area (Å²) in [5.74, 6) is 0. The Morgan fingerprint density at radius 3 is 2.80 bits per heavy atom. The van der Waals surface area contributed by atoms with Crippen molar-refractivity contribution in [3.63, 3.8) is 0 Å². The summed E-state index contributed by atoms with van der Waals surface area (Å²) in [6.45, 7) is 6.23. The van der Waals surface area contributed by atoms with Crippen molar-refractivity contribution in [1.82, 2.24) is 4.98 Å².